The molecule has 2 N–H and O–H groups in total. The monoisotopic (exact) mass is 228 g/mol. The highest BCUT2D eigenvalue weighted by molar-refractivity contribution is 5.32. The Morgan fingerprint density at radius 2 is 2.12 bits per heavy atom. The Morgan fingerprint density at radius 3 is 2.56 bits per heavy atom. The Bertz CT molecular complexity index is 430. The van der Waals surface area contributed by atoms with Crippen LogP contribution in [-0.2, 0) is 5.60 Å². The number of ether oxygens (including phenoxy) is 1. The van der Waals surface area contributed by atoms with Gasteiger partial charge in [0.1, 0.15) is 17.1 Å². The van der Waals surface area contributed by atoms with E-state index in [0.717, 1.165) is 0 Å². The van der Waals surface area contributed by atoms with Crippen molar-refractivity contribution < 1.29 is 19.4 Å². The van der Waals surface area contributed by atoms with E-state index in [-0.39, 0.29) is 5.76 Å². The van der Waals surface area contributed by atoms with Crippen LogP contribution in [0.1, 0.15) is 25.2 Å². The Hall–Kier alpha value is -1.33. The van der Waals surface area contributed by atoms with Gasteiger partial charge in [0.05, 0.1) is 18.8 Å². The van der Waals surface area contributed by atoms with Crippen LogP contribution >= 0.6 is 0 Å². The maximum absolute atomic E-state index is 11.4. The maximum Gasteiger partial charge on any atom is 0.342 e. The Kier molecular flexibility index (Phi) is 3.40. The number of rotatable bonds is 3. The molecule has 0 saturated heterocycles. The molecule has 0 saturated carbocycles. The van der Waals surface area contributed by atoms with E-state index in [1.807, 2.05) is 0 Å². The van der Waals surface area contributed by atoms with Gasteiger partial charge >= 0.3 is 5.63 Å². The molecule has 0 fully saturated rings. The van der Waals surface area contributed by atoms with Gasteiger partial charge in [-0.05, 0) is 20.8 Å². The lowest BCUT2D eigenvalue weighted by atomic mass is 9.96. The van der Waals surface area contributed by atoms with Crippen molar-refractivity contribution in [3.05, 3.63) is 27.8 Å². The molecular formula is C11H16O5. The van der Waals surface area contributed by atoms with E-state index < -0.39 is 17.3 Å². The second-order valence-corrected chi connectivity index (χ2v) is 3.91. The molecule has 0 aromatic carbocycles. The predicted octanol–water partition coefficient (Wildman–Crippen LogP) is 0.545. The molecule has 1 rings (SSSR count). The summed E-state index contributed by atoms with van der Waals surface area (Å²) in [6.07, 6.45) is -1.07. The summed E-state index contributed by atoms with van der Waals surface area (Å²) in [5.74, 6) is 0.308. The molecule has 16 heavy (non-hydrogen) atoms. The van der Waals surface area contributed by atoms with Crippen LogP contribution in [0.2, 0.25) is 0 Å². The SMILES string of the molecule is COc1cc([C@](C)(O)[C@@H](C)O)oc(=O)c1C. The number of hydrogen-bond donors (Lipinski definition) is 2. The summed E-state index contributed by atoms with van der Waals surface area (Å²) >= 11 is 0. The Balaban J connectivity index is 3.37. The van der Waals surface area contributed by atoms with Crippen molar-refractivity contribution in [1.82, 2.24) is 0 Å². The molecule has 1 aromatic heterocycles. The predicted molar refractivity (Wildman–Crippen MR) is 57.5 cm³/mol. The molecule has 1 aromatic rings. The normalized spacial score (nSPS) is 16.6. The first-order valence-electron chi connectivity index (χ1n) is 4.90. The van der Waals surface area contributed by atoms with Crippen molar-refractivity contribution in [3.63, 3.8) is 0 Å². The lowest BCUT2D eigenvalue weighted by Gasteiger charge is -2.25. The van der Waals surface area contributed by atoms with Crippen molar-refractivity contribution in [3.8, 4) is 5.75 Å². The first kappa shape index (κ1) is 12.7. The van der Waals surface area contributed by atoms with Crippen molar-refractivity contribution in [2.45, 2.75) is 32.5 Å². The first-order valence-corrected chi connectivity index (χ1v) is 4.90. The van der Waals surface area contributed by atoms with Gasteiger partial charge in [-0.1, -0.05) is 0 Å². The van der Waals surface area contributed by atoms with E-state index in [0.29, 0.717) is 11.3 Å². The van der Waals surface area contributed by atoms with Gasteiger partial charge < -0.3 is 19.4 Å². The van der Waals surface area contributed by atoms with Crippen LogP contribution in [-0.4, -0.2) is 23.4 Å². The van der Waals surface area contributed by atoms with Crippen LogP contribution < -0.4 is 10.4 Å². The van der Waals surface area contributed by atoms with E-state index in [9.17, 15) is 15.0 Å². The highest BCUT2D eigenvalue weighted by Gasteiger charge is 2.33. The number of aliphatic hydroxyl groups excluding tert-OH is 1. The van der Waals surface area contributed by atoms with Gasteiger partial charge in [-0.3, -0.25) is 0 Å². The molecule has 5 heteroatoms. The van der Waals surface area contributed by atoms with E-state index in [1.54, 1.807) is 6.92 Å². The van der Waals surface area contributed by atoms with Gasteiger partial charge in [0.2, 0.25) is 0 Å². The maximum atomic E-state index is 11.4. The smallest absolute Gasteiger partial charge is 0.342 e. The zero-order chi connectivity index (χ0) is 12.5. The average Bonchev–Trinajstić information content (AvgIpc) is 2.21. The summed E-state index contributed by atoms with van der Waals surface area (Å²) in [6.45, 7) is 4.34. The van der Waals surface area contributed by atoms with Crippen LogP contribution in [0.25, 0.3) is 0 Å². The summed E-state index contributed by atoms with van der Waals surface area (Å²) in [6, 6.07) is 1.41. The number of methoxy groups -OCH3 is 1. The van der Waals surface area contributed by atoms with Gasteiger partial charge in [0.15, 0.2) is 0 Å². The minimum atomic E-state index is -1.62. The van der Waals surface area contributed by atoms with Crippen molar-refractivity contribution in [2.75, 3.05) is 7.11 Å². The first-order chi connectivity index (χ1) is 7.30. The van der Waals surface area contributed by atoms with Gasteiger partial charge in [0, 0.05) is 6.07 Å². The number of aliphatic hydroxyl groups is 2. The fourth-order valence-electron chi connectivity index (χ4n) is 1.20. The molecule has 0 radical (unpaired) electrons. The average molecular weight is 228 g/mol. The second kappa shape index (κ2) is 4.27. The molecule has 1 heterocycles. The zero-order valence-electron chi connectivity index (χ0n) is 9.77. The zero-order valence-corrected chi connectivity index (χ0v) is 9.77. The second-order valence-electron chi connectivity index (χ2n) is 3.91. The minimum Gasteiger partial charge on any atom is -0.496 e. The fourth-order valence-corrected chi connectivity index (χ4v) is 1.20. The standard InChI is InChI=1S/C11H16O5/c1-6-8(15-4)5-9(16-10(6)13)11(3,14)7(2)12/h5,7,12,14H,1-4H3/t7-,11-/m1/s1. The number of hydrogen-bond acceptors (Lipinski definition) is 5. The molecule has 0 bridgehead atoms. The third kappa shape index (κ3) is 2.10. The topological polar surface area (TPSA) is 79.9 Å². The van der Waals surface area contributed by atoms with Crippen LogP contribution in [0, 0.1) is 6.92 Å². The van der Waals surface area contributed by atoms with Crippen LogP contribution in [0.3, 0.4) is 0 Å². The largest absolute Gasteiger partial charge is 0.496 e. The molecule has 2 atom stereocenters. The van der Waals surface area contributed by atoms with E-state index in [4.69, 9.17) is 9.15 Å². The van der Waals surface area contributed by atoms with Gasteiger partial charge in [-0.2, -0.15) is 0 Å². The van der Waals surface area contributed by atoms with Gasteiger partial charge in [-0.25, -0.2) is 4.79 Å². The third-order valence-electron chi connectivity index (χ3n) is 2.67. The highest BCUT2D eigenvalue weighted by atomic mass is 16.5. The van der Waals surface area contributed by atoms with E-state index >= 15 is 0 Å². The summed E-state index contributed by atoms with van der Waals surface area (Å²) in [5.41, 5.74) is -1.89. The Morgan fingerprint density at radius 1 is 1.56 bits per heavy atom. The van der Waals surface area contributed by atoms with Crippen LogP contribution in [0.15, 0.2) is 15.3 Å². The molecule has 0 unspecified atom stereocenters. The molecule has 0 aliphatic rings. The van der Waals surface area contributed by atoms with Crippen LogP contribution in [0.5, 0.6) is 5.75 Å². The summed E-state index contributed by atoms with van der Waals surface area (Å²) in [5, 5.41) is 19.4. The summed E-state index contributed by atoms with van der Waals surface area (Å²) < 4.78 is 9.92. The quantitative estimate of drug-likeness (QED) is 0.789. The fraction of sp³-hybridized carbons (Fsp3) is 0.545. The van der Waals surface area contributed by atoms with E-state index in [1.165, 1.54) is 27.0 Å². The Labute approximate surface area is 93.3 Å². The molecule has 0 amide bonds. The van der Waals surface area contributed by atoms with Gasteiger partial charge in [-0.15, -0.1) is 0 Å². The van der Waals surface area contributed by atoms with Crippen LogP contribution in [0.4, 0.5) is 0 Å². The molecule has 0 spiro atoms. The summed E-state index contributed by atoms with van der Waals surface area (Å²) in [4.78, 5) is 11.4. The van der Waals surface area contributed by atoms with Crippen molar-refractivity contribution >= 4 is 0 Å². The van der Waals surface area contributed by atoms with Crippen molar-refractivity contribution in [2.24, 2.45) is 0 Å². The third-order valence-corrected chi connectivity index (χ3v) is 2.67. The lowest BCUT2D eigenvalue weighted by Crippen LogP contribution is -2.35. The minimum absolute atomic E-state index is 0.0186. The lowest BCUT2D eigenvalue weighted by molar-refractivity contribution is -0.0728. The summed E-state index contributed by atoms with van der Waals surface area (Å²) in [7, 11) is 1.42. The molecule has 0 aliphatic carbocycles. The molecular weight excluding hydrogens is 212 g/mol. The molecule has 0 aliphatic heterocycles. The molecule has 90 valence electrons. The van der Waals surface area contributed by atoms with Crippen molar-refractivity contribution in [1.29, 1.82) is 0 Å². The highest BCUT2D eigenvalue weighted by Crippen LogP contribution is 2.27. The molecule has 5 nitrogen and oxygen atoms in total. The van der Waals surface area contributed by atoms with E-state index in [2.05, 4.69) is 0 Å². The van der Waals surface area contributed by atoms with Gasteiger partial charge in [0.25, 0.3) is 0 Å².